The molecule has 2 aromatic carbocycles. The van der Waals surface area contributed by atoms with E-state index in [1.807, 2.05) is 0 Å². The summed E-state index contributed by atoms with van der Waals surface area (Å²) in [6.45, 7) is 1.35. The van der Waals surface area contributed by atoms with Crippen LogP contribution in [-0.2, 0) is 4.79 Å². The number of carboxylic acids is 1. The molecule has 0 saturated carbocycles. The third-order valence-corrected chi connectivity index (χ3v) is 3.64. The molecule has 0 aliphatic rings. The molecule has 11 heteroatoms. The first-order valence-electron chi connectivity index (χ1n) is 7.22. The topological polar surface area (TPSA) is 146 Å². The highest BCUT2D eigenvalue weighted by Crippen LogP contribution is 2.28. The molecule has 2 rings (SSSR count). The summed E-state index contributed by atoms with van der Waals surface area (Å²) in [4.78, 5) is 35.7. The fourth-order valence-electron chi connectivity index (χ4n) is 1.64. The quantitative estimate of drug-likeness (QED) is 0.404. The van der Waals surface area contributed by atoms with Gasteiger partial charge in [-0.25, -0.2) is 0 Å². The monoisotopic (exact) mass is 379 g/mol. The first-order chi connectivity index (χ1) is 12.3. The van der Waals surface area contributed by atoms with E-state index in [1.54, 1.807) is 12.1 Å². The second kappa shape index (κ2) is 8.86. The largest absolute Gasteiger partial charge is 0.574 e. The SMILES string of the molecule is C[C@H](N/N=[P+](\[O-])Oc1ccc(Oc2ccc([N+](=O)[O-])cc2)cc1)C(=O)O. The molecule has 2 aromatic rings. The van der Waals surface area contributed by atoms with Crippen LogP contribution in [0.5, 0.6) is 17.2 Å². The van der Waals surface area contributed by atoms with E-state index in [-0.39, 0.29) is 11.4 Å². The Morgan fingerprint density at radius 2 is 1.65 bits per heavy atom. The minimum atomic E-state index is -2.49. The number of carboxylic acid groups (broad SMARTS) is 1. The highest BCUT2D eigenvalue weighted by molar-refractivity contribution is 7.33. The van der Waals surface area contributed by atoms with E-state index in [9.17, 15) is 19.8 Å². The summed E-state index contributed by atoms with van der Waals surface area (Å²) in [5, 5.41) is 19.3. The Kier molecular flexibility index (Phi) is 6.56. The van der Waals surface area contributed by atoms with Crippen LogP contribution in [0.4, 0.5) is 5.69 Å². The molecule has 10 nitrogen and oxygen atoms in total. The molecular formula is C15H14N3O7P. The van der Waals surface area contributed by atoms with E-state index in [2.05, 4.69) is 10.3 Å². The van der Waals surface area contributed by atoms with Crippen molar-refractivity contribution in [1.82, 2.24) is 5.43 Å². The lowest BCUT2D eigenvalue weighted by Gasteiger charge is -2.06. The number of carbonyl (C=O) groups is 1. The van der Waals surface area contributed by atoms with Crippen LogP contribution < -0.4 is 19.6 Å². The first kappa shape index (κ1) is 19.3. The fourth-order valence-corrected chi connectivity index (χ4v) is 2.25. The lowest BCUT2D eigenvalue weighted by Crippen LogP contribution is -2.29. The molecule has 2 N–H and O–H groups in total. The van der Waals surface area contributed by atoms with Gasteiger partial charge in [-0.3, -0.25) is 19.4 Å². The van der Waals surface area contributed by atoms with Gasteiger partial charge in [0.15, 0.2) is 5.75 Å². The van der Waals surface area contributed by atoms with Gasteiger partial charge in [-0.15, -0.1) is 0 Å². The molecule has 0 fully saturated rings. The zero-order valence-corrected chi connectivity index (χ0v) is 14.3. The smallest absolute Gasteiger partial charge is 0.412 e. The molecular weight excluding hydrogens is 365 g/mol. The molecule has 2 atom stereocenters. The number of aliphatic carboxylic acids is 1. The van der Waals surface area contributed by atoms with Gasteiger partial charge >= 0.3 is 14.1 Å². The van der Waals surface area contributed by atoms with Gasteiger partial charge in [0.2, 0.25) is 0 Å². The summed E-state index contributed by atoms with van der Waals surface area (Å²) >= 11 is 0. The second-order valence-corrected chi connectivity index (χ2v) is 5.80. The molecule has 0 aliphatic carbocycles. The van der Waals surface area contributed by atoms with Gasteiger partial charge in [-0.1, -0.05) is 0 Å². The van der Waals surface area contributed by atoms with Crippen molar-refractivity contribution in [2.24, 2.45) is 4.85 Å². The maximum Gasteiger partial charge on any atom is 0.412 e. The van der Waals surface area contributed by atoms with Crippen molar-refractivity contribution < 1.29 is 29.0 Å². The van der Waals surface area contributed by atoms with Crippen LogP contribution in [0.15, 0.2) is 53.4 Å². The fraction of sp³-hybridized carbons (Fsp3) is 0.133. The average Bonchev–Trinajstić information content (AvgIpc) is 2.61. The summed E-state index contributed by atoms with van der Waals surface area (Å²) in [6.07, 6.45) is 0. The van der Waals surface area contributed by atoms with Crippen molar-refractivity contribution >= 4 is 19.8 Å². The third-order valence-electron chi connectivity index (χ3n) is 2.99. The Hall–Kier alpha value is -3.07. The van der Waals surface area contributed by atoms with Crippen molar-refractivity contribution in [3.63, 3.8) is 0 Å². The summed E-state index contributed by atoms with van der Waals surface area (Å²) in [7, 11) is -2.49. The maximum absolute atomic E-state index is 11.6. The average molecular weight is 379 g/mol. The highest BCUT2D eigenvalue weighted by Gasteiger charge is 2.12. The zero-order chi connectivity index (χ0) is 19.1. The van der Waals surface area contributed by atoms with Gasteiger partial charge < -0.3 is 14.7 Å². The molecule has 0 saturated heterocycles. The first-order valence-corrected chi connectivity index (χ1v) is 8.35. The Labute approximate surface area is 148 Å². The van der Waals surface area contributed by atoms with Gasteiger partial charge in [0.05, 0.1) is 4.92 Å². The van der Waals surface area contributed by atoms with Crippen LogP contribution in [0.1, 0.15) is 6.92 Å². The molecule has 0 radical (unpaired) electrons. The van der Waals surface area contributed by atoms with Crippen LogP contribution in [0.2, 0.25) is 0 Å². The second-order valence-electron chi connectivity index (χ2n) is 4.94. The van der Waals surface area contributed by atoms with Crippen molar-refractivity contribution in [1.29, 1.82) is 0 Å². The molecule has 0 bridgehead atoms. The molecule has 136 valence electrons. The van der Waals surface area contributed by atoms with Gasteiger partial charge in [-0.05, 0) is 43.3 Å². The number of nitro groups is 1. The summed E-state index contributed by atoms with van der Waals surface area (Å²) in [6, 6.07) is 10.7. The van der Waals surface area contributed by atoms with E-state index < -0.39 is 25.1 Å². The maximum atomic E-state index is 11.6. The van der Waals surface area contributed by atoms with Gasteiger partial charge in [-0.2, -0.15) is 5.43 Å². The summed E-state index contributed by atoms with van der Waals surface area (Å²) in [5.74, 6) is -0.0335. The lowest BCUT2D eigenvalue weighted by molar-refractivity contribution is -0.384. The Morgan fingerprint density at radius 1 is 1.15 bits per heavy atom. The lowest BCUT2D eigenvalue weighted by atomic mass is 10.3. The van der Waals surface area contributed by atoms with Crippen LogP contribution in [0.3, 0.4) is 0 Å². The minimum absolute atomic E-state index is 0.0422. The summed E-state index contributed by atoms with van der Waals surface area (Å²) in [5.41, 5.74) is 2.16. The van der Waals surface area contributed by atoms with E-state index in [1.165, 1.54) is 43.3 Å². The Bertz CT molecular complexity index is 809. The van der Waals surface area contributed by atoms with Crippen LogP contribution >= 0.6 is 8.17 Å². The number of benzene rings is 2. The van der Waals surface area contributed by atoms with E-state index in [4.69, 9.17) is 14.4 Å². The van der Waals surface area contributed by atoms with E-state index >= 15 is 0 Å². The highest BCUT2D eigenvalue weighted by atomic mass is 31.1. The number of non-ortho nitro benzene ring substituents is 1. The van der Waals surface area contributed by atoms with Crippen LogP contribution in [0, 0.1) is 10.1 Å². The number of nitrogens with zero attached hydrogens (tertiary/aromatic N) is 2. The number of nitro benzene ring substituents is 1. The van der Waals surface area contributed by atoms with Crippen LogP contribution in [0.25, 0.3) is 0 Å². The molecule has 0 heterocycles. The van der Waals surface area contributed by atoms with Gasteiger partial charge in [0, 0.05) is 17.0 Å². The van der Waals surface area contributed by atoms with Crippen molar-refractivity contribution in [3.05, 3.63) is 58.6 Å². The third kappa shape index (κ3) is 5.78. The Balaban J connectivity index is 1.94. The summed E-state index contributed by atoms with van der Waals surface area (Å²) < 4.78 is 10.6. The van der Waals surface area contributed by atoms with Crippen molar-refractivity contribution in [2.45, 2.75) is 13.0 Å². The van der Waals surface area contributed by atoms with E-state index in [0.717, 1.165) is 0 Å². The predicted molar refractivity (Wildman–Crippen MR) is 89.8 cm³/mol. The van der Waals surface area contributed by atoms with Gasteiger partial charge in [0.1, 0.15) is 17.5 Å². The predicted octanol–water partition coefficient (Wildman–Crippen LogP) is 2.60. The van der Waals surface area contributed by atoms with Gasteiger partial charge in [0.25, 0.3) is 5.69 Å². The number of hydrogen-bond donors (Lipinski definition) is 2. The molecule has 0 spiro atoms. The molecule has 26 heavy (non-hydrogen) atoms. The van der Waals surface area contributed by atoms with E-state index in [0.29, 0.717) is 11.5 Å². The number of nitrogens with one attached hydrogen (secondary N) is 1. The Morgan fingerprint density at radius 3 is 2.15 bits per heavy atom. The standard InChI is InChI=1S/C15H14N3O7P/c1-10(15(19)20)16-17-26(23)25-14-8-6-13(7-9-14)24-12-4-2-11(3-5-12)18(21)22/h2-10,16H,1H3,(H,19,20)/t10-/m0/s1. The van der Waals surface area contributed by atoms with Crippen molar-refractivity contribution in [3.8, 4) is 17.2 Å². The van der Waals surface area contributed by atoms with Crippen molar-refractivity contribution in [2.75, 3.05) is 0 Å². The molecule has 0 aromatic heterocycles. The van der Waals surface area contributed by atoms with Crippen LogP contribution in [-0.4, -0.2) is 22.0 Å². The number of rotatable bonds is 8. The number of hydrogen-bond acceptors (Lipinski definition) is 7. The number of ether oxygens (including phenoxy) is 1. The molecule has 0 amide bonds. The minimum Gasteiger partial charge on any atom is -0.574 e. The molecule has 0 aliphatic heterocycles. The zero-order valence-electron chi connectivity index (χ0n) is 13.4. The normalized spacial score (nSPS) is 12.3. The molecule has 1 unspecified atom stereocenters.